The summed E-state index contributed by atoms with van der Waals surface area (Å²) in [7, 11) is 0. The quantitative estimate of drug-likeness (QED) is 0.190. The van der Waals surface area contributed by atoms with E-state index in [1.165, 1.54) is 36.4 Å². The van der Waals surface area contributed by atoms with Gasteiger partial charge in [0.05, 0.1) is 48.8 Å². The number of hydrogen-bond donors (Lipinski definition) is 2. The molecule has 0 aliphatic carbocycles. The third-order valence-corrected chi connectivity index (χ3v) is 11.4. The van der Waals surface area contributed by atoms with E-state index >= 15 is 0 Å². The average molecular weight is 698 g/mol. The monoisotopic (exact) mass is 697 g/mol. The molecule has 0 amide bonds. The van der Waals surface area contributed by atoms with Gasteiger partial charge < -0.3 is 10.3 Å². The summed E-state index contributed by atoms with van der Waals surface area (Å²) < 4.78 is 1.29. The second-order valence-corrected chi connectivity index (χ2v) is 16.1. The van der Waals surface area contributed by atoms with E-state index in [1.807, 2.05) is 35.2 Å². The molecule has 252 valence electrons. The first-order valence-electron chi connectivity index (χ1n) is 16.8. The molecule has 2 aromatic carbocycles. The van der Waals surface area contributed by atoms with Crippen molar-refractivity contribution in [3.05, 3.63) is 98.3 Å². The summed E-state index contributed by atoms with van der Waals surface area (Å²) >= 11 is 5.26. The Kier molecular flexibility index (Phi) is 12.4. The zero-order valence-electron chi connectivity index (χ0n) is 29.2. The van der Waals surface area contributed by atoms with Crippen molar-refractivity contribution in [2.75, 3.05) is 6.54 Å². The van der Waals surface area contributed by atoms with E-state index in [9.17, 15) is 0 Å². The molecule has 1 aliphatic heterocycles. The highest BCUT2D eigenvalue weighted by molar-refractivity contribution is 7.18. The molecule has 0 atom stereocenters. The Labute approximate surface area is 296 Å². The summed E-state index contributed by atoms with van der Waals surface area (Å²) in [6.45, 7) is 19.6. The number of H-pyrrole nitrogens is 1. The first kappa shape index (κ1) is 35.7. The number of hydrogen-bond acceptors (Lipinski definition) is 9. The normalized spacial score (nSPS) is 12.6. The van der Waals surface area contributed by atoms with E-state index in [2.05, 4.69) is 127 Å². The maximum absolute atomic E-state index is 4.63. The molecular formula is C38H47N7S3. The molecule has 48 heavy (non-hydrogen) atoms. The van der Waals surface area contributed by atoms with Crippen LogP contribution in [-0.2, 0) is 13.0 Å². The van der Waals surface area contributed by atoms with Crippen LogP contribution in [0.5, 0.6) is 0 Å². The number of aromatic amines is 1. The van der Waals surface area contributed by atoms with Crippen molar-refractivity contribution in [3.8, 4) is 0 Å². The predicted molar refractivity (Wildman–Crippen MR) is 207 cm³/mol. The number of nitrogens with zero attached hydrogens (tertiary/aromatic N) is 5. The van der Waals surface area contributed by atoms with Gasteiger partial charge in [0.2, 0.25) is 0 Å². The highest BCUT2D eigenvalue weighted by atomic mass is 32.1. The van der Waals surface area contributed by atoms with Gasteiger partial charge in [0.25, 0.3) is 0 Å². The molecule has 0 saturated carbocycles. The third kappa shape index (κ3) is 9.31. The van der Waals surface area contributed by atoms with Crippen LogP contribution in [0.2, 0.25) is 0 Å². The fourth-order valence-corrected chi connectivity index (χ4v) is 7.69. The lowest BCUT2D eigenvalue weighted by Gasteiger charge is -2.09. The van der Waals surface area contributed by atoms with Crippen LogP contribution in [0.1, 0.15) is 111 Å². The standard InChI is InChI=1S/C10H12N2.C10H11NS.C9H14N2S.C9H10N2S/c2*1-7(2)8-3-4-9-10(5-8)12-6-11-9;1-6(2)9-11-7-3-4-10-5-8(7)12-9;1-6(2)8-11-7-4-3-5-10-9(7)12-8/h3-7H,1-2H3,(H,11,12);3-7H,1-2H3;6,10H,3-5H2,1-2H3;3-6H,1-2H3. The zero-order valence-corrected chi connectivity index (χ0v) is 31.7. The summed E-state index contributed by atoms with van der Waals surface area (Å²) in [5, 5.41) is 5.83. The summed E-state index contributed by atoms with van der Waals surface area (Å²) in [5.74, 6) is 2.28. The second-order valence-electron chi connectivity index (χ2n) is 13.1. The van der Waals surface area contributed by atoms with Crippen molar-refractivity contribution in [3.63, 3.8) is 0 Å². The van der Waals surface area contributed by atoms with E-state index in [-0.39, 0.29) is 0 Å². The molecule has 8 rings (SSSR count). The van der Waals surface area contributed by atoms with E-state index < -0.39 is 0 Å². The van der Waals surface area contributed by atoms with Crippen molar-refractivity contribution < 1.29 is 0 Å². The Hall–Kier alpha value is -3.57. The van der Waals surface area contributed by atoms with Crippen LogP contribution in [0, 0.1) is 0 Å². The van der Waals surface area contributed by atoms with Crippen molar-refractivity contribution in [1.29, 1.82) is 0 Å². The molecule has 1 aliphatic rings. The van der Waals surface area contributed by atoms with Gasteiger partial charge in [0.15, 0.2) is 0 Å². The van der Waals surface area contributed by atoms with Crippen LogP contribution in [0.3, 0.4) is 0 Å². The molecular weight excluding hydrogens is 651 g/mol. The fourth-order valence-electron chi connectivity index (χ4n) is 4.97. The molecule has 0 saturated heterocycles. The molecule has 0 bridgehead atoms. The van der Waals surface area contributed by atoms with Crippen LogP contribution < -0.4 is 5.32 Å². The molecule has 7 nitrogen and oxygen atoms in total. The lowest BCUT2D eigenvalue weighted by atomic mass is 10.0. The number of nitrogens with one attached hydrogen (secondary N) is 2. The number of imidazole rings is 1. The first-order valence-corrected chi connectivity index (χ1v) is 19.3. The SMILES string of the molecule is CC(C)c1ccc2nc[nH]c2c1.CC(C)c1ccc2ncsc2c1.CC(C)c1nc2c(s1)CNCC2.CC(C)c1nc2cccnc2s1. The van der Waals surface area contributed by atoms with Crippen molar-refractivity contribution in [2.24, 2.45) is 0 Å². The van der Waals surface area contributed by atoms with Crippen molar-refractivity contribution >= 4 is 65.6 Å². The predicted octanol–water partition coefficient (Wildman–Crippen LogP) is 10.8. The van der Waals surface area contributed by atoms with Gasteiger partial charge in [0, 0.05) is 42.4 Å². The third-order valence-electron chi connectivity index (χ3n) is 7.92. The van der Waals surface area contributed by atoms with E-state index in [1.54, 1.807) is 29.0 Å². The smallest absolute Gasteiger partial charge is 0.143 e. The second kappa shape index (κ2) is 16.7. The Balaban J connectivity index is 0.000000125. The molecule has 2 N–H and O–H groups in total. The van der Waals surface area contributed by atoms with E-state index in [4.69, 9.17) is 0 Å². The van der Waals surface area contributed by atoms with E-state index in [0.717, 1.165) is 46.4 Å². The Morgan fingerprint density at radius 3 is 2.08 bits per heavy atom. The molecule has 0 spiro atoms. The van der Waals surface area contributed by atoms with Gasteiger partial charge in [0.1, 0.15) is 10.3 Å². The van der Waals surface area contributed by atoms with Gasteiger partial charge in [-0.05, 0) is 59.4 Å². The number of rotatable bonds is 4. The van der Waals surface area contributed by atoms with Crippen molar-refractivity contribution in [1.82, 2.24) is 35.2 Å². The zero-order chi connectivity index (χ0) is 34.2. The highest BCUT2D eigenvalue weighted by Gasteiger charge is 2.15. The number of pyridine rings is 1. The minimum Gasteiger partial charge on any atom is -0.345 e. The van der Waals surface area contributed by atoms with Gasteiger partial charge >= 0.3 is 0 Å². The highest BCUT2D eigenvalue weighted by Crippen LogP contribution is 2.27. The van der Waals surface area contributed by atoms with Gasteiger partial charge in [-0.1, -0.05) is 78.9 Å². The summed E-state index contributed by atoms with van der Waals surface area (Å²) in [4.78, 5) is 27.3. The lowest BCUT2D eigenvalue weighted by Crippen LogP contribution is -2.22. The van der Waals surface area contributed by atoms with Crippen LogP contribution in [-0.4, -0.2) is 36.4 Å². The van der Waals surface area contributed by atoms with Gasteiger partial charge in [-0.3, -0.25) is 0 Å². The molecule has 7 aromatic rings. The van der Waals surface area contributed by atoms with Gasteiger partial charge in [-0.25, -0.2) is 24.9 Å². The first-order chi connectivity index (χ1) is 23.1. The number of benzene rings is 2. The summed E-state index contributed by atoms with van der Waals surface area (Å²) in [6.07, 6.45) is 4.65. The topological polar surface area (TPSA) is 92.3 Å². The molecule has 0 fully saturated rings. The van der Waals surface area contributed by atoms with Crippen LogP contribution in [0.25, 0.3) is 31.6 Å². The summed E-state index contributed by atoms with van der Waals surface area (Å²) in [6, 6.07) is 16.8. The number of fused-ring (bicyclic) bond motifs is 4. The van der Waals surface area contributed by atoms with Crippen LogP contribution in [0.15, 0.2) is 66.6 Å². The minimum absolute atomic E-state index is 0.504. The largest absolute Gasteiger partial charge is 0.345 e. The molecule has 10 heteroatoms. The van der Waals surface area contributed by atoms with Crippen LogP contribution in [0.4, 0.5) is 0 Å². The van der Waals surface area contributed by atoms with Crippen LogP contribution >= 0.6 is 34.0 Å². The van der Waals surface area contributed by atoms with Gasteiger partial charge in [-0.15, -0.1) is 22.7 Å². The number of aromatic nitrogens is 6. The average Bonchev–Trinajstić information content (AvgIpc) is 3.90. The molecule has 6 heterocycles. The lowest BCUT2D eigenvalue weighted by molar-refractivity contribution is 0.641. The van der Waals surface area contributed by atoms with Gasteiger partial charge in [-0.2, -0.15) is 0 Å². The minimum atomic E-state index is 0.504. The number of thiazole rings is 3. The Morgan fingerprint density at radius 1 is 0.688 bits per heavy atom. The molecule has 0 radical (unpaired) electrons. The fraction of sp³-hybridized carbons (Fsp3) is 0.395. The Morgan fingerprint density at radius 2 is 1.40 bits per heavy atom. The molecule has 5 aromatic heterocycles. The maximum atomic E-state index is 4.63. The maximum Gasteiger partial charge on any atom is 0.143 e. The van der Waals surface area contributed by atoms with Crippen molar-refractivity contribution in [2.45, 2.75) is 92.0 Å². The Bertz CT molecular complexity index is 1890. The molecule has 0 unspecified atom stereocenters. The van der Waals surface area contributed by atoms with E-state index in [0.29, 0.717) is 23.7 Å². The summed E-state index contributed by atoms with van der Waals surface area (Å²) in [5.41, 5.74) is 10.3.